The van der Waals surface area contributed by atoms with E-state index in [1.165, 1.54) is 12.1 Å². The molecule has 5 nitrogen and oxygen atoms in total. The molecule has 1 aliphatic rings. The molecule has 0 saturated carbocycles. The van der Waals surface area contributed by atoms with Gasteiger partial charge in [0.2, 0.25) is 0 Å². The molecule has 26 heavy (non-hydrogen) atoms. The molecule has 0 saturated heterocycles. The normalized spacial score (nSPS) is 14.2. The van der Waals surface area contributed by atoms with E-state index in [4.69, 9.17) is 0 Å². The third kappa shape index (κ3) is 3.39. The van der Waals surface area contributed by atoms with Crippen LogP contribution >= 0.6 is 0 Å². The van der Waals surface area contributed by atoms with Crippen LogP contribution in [-0.4, -0.2) is 26.4 Å². The van der Waals surface area contributed by atoms with E-state index in [1.54, 1.807) is 18.3 Å². The third-order valence-electron chi connectivity index (χ3n) is 4.39. The van der Waals surface area contributed by atoms with E-state index in [9.17, 15) is 13.6 Å². The minimum Gasteiger partial charge on any atom is -0.305 e. The Morgan fingerprint density at radius 1 is 1.15 bits per heavy atom. The highest BCUT2D eigenvalue weighted by Gasteiger charge is 2.22. The fourth-order valence-electron chi connectivity index (χ4n) is 3.21. The van der Waals surface area contributed by atoms with Crippen LogP contribution in [0.25, 0.3) is 11.5 Å². The second-order valence-electron chi connectivity index (χ2n) is 6.29. The average molecular weight is 354 g/mol. The summed E-state index contributed by atoms with van der Waals surface area (Å²) >= 11 is 0. The summed E-state index contributed by atoms with van der Waals surface area (Å²) in [7, 11) is 0. The van der Waals surface area contributed by atoms with Gasteiger partial charge in [-0.1, -0.05) is 6.07 Å². The van der Waals surface area contributed by atoms with Gasteiger partial charge in [-0.2, -0.15) is 0 Å². The highest BCUT2D eigenvalue weighted by Crippen LogP contribution is 2.19. The van der Waals surface area contributed by atoms with Crippen LogP contribution in [0.1, 0.15) is 16.8 Å². The molecule has 0 radical (unpaired) electrons. The smallest absolute Gasteiger partial charge is 0.254 e. The van der Waals surface area contributed by atoms with E-state index in [2.05, 4.69) is 15.0 Å². The molecule has 0 bridgehead atoms. The number of nitrogens with zero attached hydrogens (tertiary/aromatic N) is 3. The van der Waals surface area contributed by atoms with Gasteiger partial charge in [0, 0.05) is 37.5 Å². The zero-order valence-corrected chi connectivity index (χ0v) is 13.9. The molecule has 3 aromatic rings. The van der Waals surface area contributed by atoms with Crippen molar-refractivity contribution in [1.29, 1.82) is 0 Å². The van der Waals surface area contributed by atoms with Crippen molar-refractivity contribution in [3.05, 3.63) is 81.4 Å². The minimum atomic E-state index is -0.593. The van der Waals surface area contributed by atoms with E-state index in [1.807, 2.05) is 11.0 Å². The molecule has 1 aliphatic heterocycles. The second-order valence-corrected chi connectivity index (χ2v) is 6.29. The van der Waals surface area contributed by atoms with Crippen LogP contribution in [0.5, 0.6) is 0 Å². The molecule has 0 unspecified atom stereocenters. The SMILES string of the molecule is O=c1[nH]c(-c2ccccn2)nc2c1CCN(Cc1cc(F)cc(F)c1)C2. The zero-order valence-electron chi connectivity index (χ0n) is 13.9. The monoisotopic (exact) mass is 354 g/mol. The highest BCUT2D eigenvalue weighted by molar-refractivity contribution is 5.49. The maximum absolute atomic E-state index is 13.4. The van der Waals surface area contributed by atoms with Crippen LogP contribution in [0, 0.1) is 11.6 Å². The van der Waals surface area contributed by atoms with Crippen LogP contribution in [0.15, 0.2) is 47.4 Å². The maximum Gasteiger partial charge on any atom is 0.254 e. The lowest BCUT2D eigenvalue weighted by atomic mass is 10.1. The van der Waals surface area contributed by atoms with Gasteiger partial charge in [-0.3, -0.25) is 14.7 Å². The van der Waals surface area contributed by atoms with Gasteiger partial charge in [0.05, 0.1) is 5.69 Å². The number of pyridine rings is 1. The van der Waals surface area contributed by atoms with E-state index >= 15 is 0 Å². The number of aromatic nitrogens is 3. The first kappa shape index (κ1) is 16.5. The van der Waals surface area contributed by atoms with Crippen molar-refractivity contribution in [2.45, 2.75) is 19.5 Å². The number of aromatic amines is 1. The van der Waals surface area contributed by atoms with Crippen molar-refractivity contribution in [3.8, 4) is 11.5 Å². The van der Waals surface area contributed by atoms with Gasteiger partial charge in [-0.25, -0.2) is 13.8 Å². The molecule has 0 spiro atoms. The number of benzene rings is 1. The topological polar surface area (TPSA) is 61.9 Å². The van der Waals surface area contributed by atoms with Gasteiger partial charge in [0.25, 0.3) is 5.56 Å². The maximum atomic E-state index is 13.4. The van der Waals surface area contributed by atoms with Crippen molar-refractivity contribution >= 4 is 0 Å². The Balaban J connectivity index is 1.61. The van der Waals surface area contributed by atoms with E-state index in [0.29, 0.717) is 54.4 Å². The summed E-state index contributed by atoms with van der Waals surface area (Å²) in [6, 6.07) is 8.90. The lowest BCUT2D eigenvalue weighted by molar-refractivity contribution is 0.240. The lowest BCUT2D eigenvalue weighted by Gasteiger charge is -2.27. The average Bonchev–Trinajstić information content (AvgIpc) is 2.61. The molecule has 0 atom stereocenters. The predicted octanol–water partition coefficient (Wildman–Crippen LogP) is 2.67. The Morgan fingerprint density at radius 2 is 1.96 bits per heavy atom. The Bertz CT molecular complexity index is 984. The zero-order chi connectivity index (χ0) is 18.1. The molecule has 1 aromatic carbocycles. The number of rotatable bonds is 3. The van der Waals surface area contributed by atoms with Gasteiger partial charge in [-0.15, -0.1) is 0 Å². The summed E-state index contributed by atoms with van der Waals surface area (Å²) in [5.74, 6) is -0.762. The molecule has 7 heteroatoms. The summed E-state index contributed by atoms with van der Waals surface area (Å²) in [6.45, 7) is 1.46. The second kappa shape index (κ2) is 6.76. The first-order chi connectivity index (χ1) is 12.6. The van der Waals surface area contributed by atoms with Gasteiger partial charge in [0.15, 0.2) is 5.82 Å². The number of halogens is 2. The van der Waals surface area contributed by atoms with Crippen LogP contribution in [0.2, 0.25) is 0 Å². The fraction of sp³-hybridized carbons (Fsp3) is 0.211. The van der Waals surface area contributed by atoms with Crippen molar-refractivity contribution < 1.29 is 8.78 Å². The summed E-state index contributed by atoms with van der Waals surface area (Å²) in [5.41, 5.74) is 2.33. The molecule has 132 valence electrons. The quantitative estimate of drug-likeness (QED) is 0.786. The largest absolute Gasteiger partial charge is 0.305 e. The Kier molecular flexibility index (Phi) is 4.30. The number of fused-ring (bicyclic) bond motifs is 1. The molecular formula is C19H16F2N4O. The van der Waals surface area contributed by atoms with E-state index in [0.717, 1.165) is 6.07 Å². The lowest BCUT2D eigenvalue weighted by Crippen LogP contribution is -2.35. The molecule has 4 rings (SSSR count). The van der Waals surface area contributed by atoms with Crippen LogP contribution < -0.4 is 5.56 Å². The summed E-state index contributed by atoms with van der Waals surface area (Å²) in [6.07, 6.45) is 2.18. The predicted molar refractivity (Wildman–Crippen MR) is 92.3 cm³/mol. The first-order valence-electron chi connectivity index (χ1n) is 8.29. The fourth-order valence-corrected chi connectivity index (χ4v) is 3.21. The van der Waals surface area contributed by atoms with Crippen molar-refractivity contribution in [1.82, 2.24) is 19.9 Å². The minimum absolute atomic E-state index is 0.160. The van der Waals surface area contributed by atoms with Gasteiger partial charge < -0.3 is 4.98 Å². The number of hydrogen-bond donors (Lipinski definition) is 1. The molecular weight excluding hydrogens is 338 g/mol. The Hall–Kier alpha value is -2.93. The van der Waals surface area contributed by atoms with Crippen molar-refractivity contribution in [2.24, 2.45) is 0 Å². The first-order valence-corrected chi connectivity index (χ1v) is 8.29. The van der Waals surface area contributed by atoms with Crippen molar-refractivity contribution in [3.63, 3.8) is 0 Å². The van der Waals surface area contributed by atoms with Crippen molar-refractivity contribution in [2.75, 3.05) is 6.54 Å². The molecule has 1 N–H and O–H groups in total. The molecule has 3 heterocycles. The third-order valence-corrected chi connectivity index (χ3v) is 4.39. The van der Waals surface area contributed by atoms with Gasteiger partial charge in [0.1, 0.15) is 17.3 Å². The van der Waals surface area contributed by atoms with E-state index < -0.39 is 11.6 Å². The number of H-pyrrole nitrogens is 1. The van der Waals surface area contributed by atoms with Crippen LogP contribution in [0.4, 0.5) is 8.78 Å². The summed E-state index contributed by atoms with van der Waals surface area (Å²) < 4.78 is 26.8. The molecule has 2 aromatic heterocycles. The van der Waals surface area contributed by atoms with Gasteiger partial charge >= 0.3 is 0 Å². The Labute approximate surface area is 148 Å². The molecule has 0 aliphatic carbocycles. The summed E-state index contributed by atoms with van der Waals surface area (Å²) in [4.78, 5) is 26.0. The summed E-state index contributed by atoms with van der Waals surface area (Å²) in [5, 5.41) is 0. The Morgan fingerprint density at radius 3 is 2.69 bits per heavy atom. The standard InChI is InChI=1S/C19H16F2N4O/c20-13-7-12(8-14(21)9-13)10-25-6-4-15-17(11-25)23-18(24-19(15)26)16-3-1-2-5-22-16/h1-3,5,7-9H,4,6,10-11H2,(H,23,24,26). The number of hydrogen-bond acceptors (Lipinski definition) is 4. The van der Waals surface area contributed by atoms with E-state index in [-0.39, 0.29) is 5.56 Å². The molecule has 0 amide bonds. The highest BCUT2D eigenvalue weighted by atomic mass is 19.1. The van der Waals surface area contributed by atoms with Gasteiger partial charge in [-0.05, 0) is 36.2 Å². The molecule has 0 fully saturated rings. The van der Waals surface area contributed by atoms with Crippen LogP contribution in [-0.2, 0) is 19.5 Å². The van der Waals surface area contributed by atoms with Crippen LogP contribution in [0.3, 0.4) is 0 Å². The number of nitrogens with one attached hydrogen (secondary N) is 1.